The van der Waals surface area contributed by atoms with Crippen molar-refractivity contribution in [2.45, 2.75) is 32.7 Å². The number of rotatable bonds is 5. The highest BCUT2D eigenvalue weighted by atomic mass is 15.1. The monoisotopic (exact) mass is 207 g/mol. The molecule has 0 spiro atoms. The second-order valence-electron chi connectivity index (χ2n) is 3.88. The predicted octanol–water partition coefficient (Wildman–Crippen LogP) is 2.34. The Labute approximate surface area is 92.3 Å². The summed E-state index contributed by atoms with van der Waals surface area (Å²) in [6.45, 7) is 5.30. The smallest absolute Gasteiger partial charge is 0.0572 e. The van der Waals surface area contributed by atoms with Crippen LogP contribution in [0, 0.1) is 0 Å². The summed E-state index contributed by atoms with van der Waals surface area (Å²) in [5.41, 5.74) is 8.04. The van der Waals surface area contributed by atoms with Crippen molar-refractivity contribution in [1.29, 1.82) is 0 Å². The van der Waals surface area contributed by atoms with Crippen LogP contribution in [-0.2, 0) is 0 Å². The van der Waals surface area contributed by atoms with Gasteiger partial charge in [-0.3, -0.25) is 4.98 Å². The lowest BCUT2D eigenvalue weighted by molar-refractivity contribution is 0.675. The lowest BCUT2D eigenvalue weighted by atomic mass is 10.1. The first-order valence-electron chi connectivity index (χ1n) is 5.61. The van der Waals surface area contributed by atoms with Crippen LogP contribution in [0.15, 0.2) is 18.3 Å². The molecule has 0 saturated heterocycles. The summed E-state index contributed by atoms with van der Waals surface area (Å²) in [4.78, 5) is 6.59. The van der Waals surface area contributed by atoms with Gasteiger partial charge in [0.05, 0.1) is 17.6 Å². The van der Waals surface area contributed by atoms with Gasteiger partial charge in [0.25, 0.3) is 0 Å². The maximum atomic E-state index is 5.90. The van der Waals surface area contributed by atoms with Gasteiger partial charge in [0, 0.05) is 19.6 Å². The molecule has 0 bridgehead atoms. The van der Waals surface area contributed by atoms with Crippen molar-refractivity contribution in [2.24, 2.45) is 5.73 Å². The summed E-state index contributed by atoms with van der Waals surface area (Å²) in [6.07, 6.45) is 3.98. The minimum absolute atomic E-state index is 0.0653. The van der Waals surface area contributed by atoms with E-state index in [2.05, 4.69) is 36.8 Å². The summed E-state index contributed by atoms with van der Waals surface area (Å²) in [6, 6.07) is 4.18. The largest absolute Gasteiger partial charge is 0.373 e. The SMILES string of the molecule is CCCN(C)c1ccc(C(N)CC)nc1. The molecule has 2 N–H and O–H groups in total. The minimum Gasteiger partial charge on any atom is -0.373 e. The minimum atomic E-state index is 0.0653. The van der Waals surface area contributed by atoms with E-state index in [1.807, 2.05) is 12.3 Å². The molecule has 1 aromatic heterocycles. The predicted molar refractivity (Wildman–Crippen MR) is 65.0 cm³/mol. The van der Waals surface area contributed by atoms with Crippen LogP contribution < -0.4 is 10.6 Å². The van der Waals surface area contributed by atoms with Crippen LogP contribution in [-0.4, -0.2) is 18.6 Å². The highest BCUT2D eigenvalue weighted by molar-refractivity contribution is 5.43. The number of hydrogen-bond acceptors (Lipinski definition) is 3. The number of anilines is 1. The Morgan fingerprint density at radius 1 is 1.40 bits per heavy atom. The van der Waals surface area contributed by atoms with Gasteiger partial charge in [0.15, 0.2) is 0 Å². The molecule has 3 nitrogen and oxygen atoms in total. The second-order valence-corrected chi connectivity index (χ2v) is 3.88. The molecule has 0 radical (unpaired) electrons. The van der Waals surface area contributed by atoms with Crippen LogP contribution in [0.5, 0.6) is 0 Å². The molecule has 0 aromatic carbocycles. The van der Waals surface area contributed by atoms with E-state index in [-0.39, 0.29) is 6.04 Å². The van der Waals surface area contributed by atoms with Crippen LogP contribution in [0.25, 0.3) is 0 Å². The van der Waals surface area contributed by atoms with Crippen molar-refractivity contribution in [3.8, 4) is 0 Å². The molecular formula is C12H21N3. The van der Waals surface area contributed by atoms with Gasteiger partial charge in [0.2, 0.25) is 0 Å². The molecule has 1 aromatic rings. The van der Waals surface area contributed by atoms with Gasteiger partial charge in [-0.05, 0) is 25.0 Å². The normalized spacial score (nSPS) is 12.5. The summed E-state index contributed by atoms with van der Waals surface area (Å²) in [5.74, 6) is 0. The highest BCUT2D eigenvalue weighted by Gasteiger charge is 2.05. The maximum Gasteiger partial charge on any atom is 0.0572 e. The van der Waals surface area contributed by atoms with E-state index in [9.17, 15) is 0 Å². The van der Waals surface area contributed by atoms with E-state index in [4.69, 9.17) is 5.73 Å². The van der Waals surface area contributed by atoms with Crippen LogP contribution in [0.1, 0.15) is 38.4 Å². The first-order valence-corrected chi connectivity index (χ1v) is 5.61. The maximum absolute atomic E-state index is 5.90. The first kappa shape index (κ1) is 12.0. The highest BCUT2D eigenvalue weighted by Crippen LogP contribution is 2.15. The third kappa shape index (κ3) is 3.20. The number of nitrogens with two attached hydrogens (primary N) is 1. The molecule has 0 amide bonds. The molecule has 0 aliphatic carbocycles. The molecule has 15 heavy (non-hydrogen) atoms. The summed E-state index contributed by atoms with van der Waals surface area (Å²) < 4.78 is 0. The van der Waals surface area contributed by atoms with Gasteiger partial charge in [-0.25, -0.2) is 0 Å². The van der Waals surface area contributed by atoms with Gasteiger partial charge in [-0.1, -0.05) is 13.8 Å². The molecule has 1 rings (SSSR count). The van der Waals surface area contributed by atoms with Gasteiger partial charge >= 0.3 is 0 Å². The average molecular weight is 207 g/mol. The van der Waals surface area contributed by atoms with Crippen molar-refractivity contribution in [1.82, 2.24) is 4.98 Å². The lowest BCUT2D eigenvalue weighted by Crippen LogP contribution is -2.18. The number of nitrogens with zero attached hydrogens (tertiary/aromatic N) is 2. The fraction of sp³-hybridized carbons (Fsp3) is 0.583. The zero-order valence-electron chi connectivity index (χ0n) is 9.90. The standard InChI is InChI=1S/C12H21N3/c1-4-8-15(3)10-6-7-12(14-9-10)11(13)5-2/h6-7,9,11H,4-5,8,13H2,1-3H3. The zero-order chi connectivity index (χ0) is 11.3. The molecule has 0 fully saturated rings. The molecule has 0 aliphatic rings. The summed E-state index contributed by atoms with van der Waals surface area (Å²) >= 11 is 0. The Bertz CT molecular complexity index is 281. The second kappa shape index (κ2) is 5.71. The Balaban J connectivity index is 2.71. The average Bonchev–Trinajstić information content (AvgIpc) is 2.28. The van der Waals surface area contributed by atoms with E-state index >= 15 is 0 Å². The molecule has 1 heterocycles. The number of aromatic nitrogens is 1. The zero-order valence-corrected chi connectivity index (χ0v) is 9.90. The van der Waals surface area contributed by atoms with Crippen LogP contribution in [0.2, 0.25) is 0 Å². The fourth-order valence-electron chi connectivity index (χ4n) is 1.52. The molecular weight excluding hydrogens is 186 g/mol. The Morgan fingerprint density at radius 3 is 2.60 bits per heavy atom. The quantitative estimate of drug-likeness (QED) is 0.805. The molecule has 1 atom stereocenters. The molecule has 0 aliphatic heterocycles. The van der Waals surface area contributed by atoms with E-state index in [1.54, 1.807) is 0 Å². The third-order valence-corrected chi connectivity index (χ3v) is 2.59. The number of hydrogen-bond donors (Lipinski definition) is 1. The fourth-order valence-corrected chi connectivity index (χ4v) is 1.52. The molecule has 3 heteroatoms. The van der Waals surface area contributed by atoms with Gasteiger partial charge < -0.3 is 10.6 Å². The van der Waals surface area contributed by atoms with E-state index in [1.165, 1.54) is 0 Å². The van der Waals surface area contributed by atoms with Gasteiger partial charge in [-0.15, -0.1) is 0 Å². The lowest BCUT2D eigenvalue weighted by Gasteiger charge is -2.18. The van der Waals surface area contributed by atoms with Crippen molar-refractivity contribution in [3.63, 3.8) is 0 Å². The summed E-state index contributed by atoms with van der Waals surface area (Å²) in [7, 11) is 2.08. The van der Waals surface area contributed by atoms with Crippen LogP contribution >= 0.6 is 0 Å². The Kier molecular flexibility index (Phi) is 4.56. The van der Waals surface area contributed by atoms with Gasteiger partial charge in [-0.2, -0.15) is 0 Å². The van der Waals surface area contributed by atoms with Gasteiger partial charge in [0.1, 0.15) is 0 Å². The van der Waals surface area contributed by atoms with Crippen molar-refractivity contribution < 1.29 is 0 Å². The molecule has 1 unspecified atom stereocenters. The van der Waals surface area contributed by atoms with Crippen molar-refractivity contribution >= 4 is 5.69 Å². The Hall–Kier alpha value is -1.09. The topological polar surface area (TPSA) is 42.1 Å². The Morgan fingerprint density at radius 2 is 2.13 bits per heavy atom. The van der Waals surface area contributed by atoms with Crippen LogP contribution in [0.4, 0.5) is 5.69 Å². The van der Waals surface area contributed by atoms with E-state index in [0.717, 1.165) is 30.8 Å². The van der Waals surface area contributed by atoms with Crippen molar-refractivity contribution in [2.75, 3.05) is 18.5 Å². The molecule has 0 saturated carbocycles. The third-order valence-electron chi connectivity index (χ3n) is 2.59. The molecule has 84 valence electrons. The first-order chi connectivity index (χ1) is 7.19. The summed E-state index contributed by atoms with van der Waals surface area (Å²) in [5, 5.41) is 0. The van der Waals surface area contributed by atoms with E-state index in [0.29, 0.717) is 0 Å². The number of pyridine rings is 1. The van der Waals surface area contributed by atoms with Crippen molar-refractivity contribution in [3.05, 3.63) is 24.0 Å². The van der Waals surface area contributed by atoms with Crippen LogP contribution in [0.3, 0.4) is 0 Å². The van der Waals surface area contributed by atoms with E-state index < -0.39 is 0 Å².